The summed E-state index contributed by atoms with van der Waals surface area (Å²) in [5.74, 6) is 0.921. The maximum atomic E-state index is 12.2. The van der Waals surface area contributed by atoms with Gasteiger partial charge in [-0.2, -0.15) is 0 Å². The molecule has 0 spiro atoms. The molecule has 1 aliphatic rings. The second kappa shape index (κ2) is 7.05. The van der Waals surface area contributed by atoms with E-state index in [0.717, 1.165) is 39.5 Å². The number of carbonyl (C=O) groups is 1. The van der Waals surface area contributed by atoms with Crippen molar-refractivity contribution in [2.75, 3.05) is 11.1 Å². The Morgan fingerprint density at radius 2 is 2.00 bits per heavy atom. The van der Waals surface area contributed by atoms with Crippen LogP contribution in [0.4, 0.5) is 5.13 Å². The van der Waals surface area contributed by atoms with Crippen molar-refractivity contribution in [1.29, 1.82) is 0 Å². The van der Waals surface area contributed by atoms with Gasteiger partial charge in [-0.25, -0.2) is 4.98 Å². The number of anilines is 1. The number of hydrogen-bond donors (Lipinski definition) is 1. The molecule has 0 aromatic carbocycles. The fraction of sp³-hybridized carbons (Fsp3) is 0.412. The largest absolute Gasteiger partial charge is 0.300 e. The van der Waals surface area contributed by atoms with Crippen molar-refractivity contribution >= 4 is 61.3 Å². The molecule has 0 bridgehead atoms. The number of carbonyl (C=O) groups excluding carboxylic acids is 1. The molecule has 1 N–H and O–H groups in total. The minimum Gasteiger partial charge on any atom is -0.300 e. The average molecular weight is 432 g/mol. The molecule has 144 valence electrons. The van der Waals surface area contributed by atoms with Crippen LogP contribution in [0, 0.1) is 13.8 Å². The van der Waals surface area contributed by atoms with Crippen molar-refractivity contribution in [3.63, 3.8) is 0 Å². The number of amides is 1. The van der Waals surface area contributed by atoms with Crippen LogP contribution in [0.25, 0.3) is 15.9 Å². The minimum atomic E-state index is -0.141. The molecular weight excluding hydrogens is 414 g/mol. The monoisotopic (exact) mass is 431 g/mol. The van der Waals surface area contributed by atoms with Crippen LogP contribution in [0.5, 0.6) is 0 Å². The van der Waals surface area contributed by atoms with Crippen LogP contribution >= 0.6 is 34.4 Å². The Morgan fingerprint density at radius 3 is 2.82 bits per heavy atom. The fourth-order valence-electron chi connectivity index (χ4n) is 3.51. The molecule has 4 aromatic heterocycles. The number of nitrogens with one attached hydrogen (secondary N) is 1. The summed E-state index contributed by atoms with van der Waals surface area (Å²) in [5.41, 5.74) is 2.24. The Kier molecular flexibility index (Phi) is 4.52. The van der Waals surface area contributed by atoms with Crippen molar-refractivity contribution in [2.24, 2.45) is 0 Å². The quantitative estimate of drug-likeness (QED) is 0.494. The number of aromatic nitrogens is 6. The Morgan fingerprint density at radius 1 is 1.14 bits per heavy atom. The van der Waals surface area contributed by atoms with Gasteiger partial charge < -0.3 is 0 Å². The van der Waals surface area contributed by atoms with Gasteiger partial charge in [0.25, 0.3) is 0 Å². The number of fused-ring (bicyclic) bond motifs is 5. The van der Waals surface area contributed by atoms with Crippen LogP contribution in [0.15, 0.2) is 5.16 Å². The van der Waals surface area contributed by atoms with Gasteiger partial charge in [0.05, 0.1) is 11.1 Å². The second-order valence-corrected chi connectivity index (χ2v) is 9.86. The van der Waals surface area contributed by atoms with Gasteiger partial charge in [-0.1, -0.05) is 23.1 Å². The third-order valence-corrected chi connectivity index (χ3v) is 7.57. The van der Waals surface area contributed by atoms with Gasteiger partial charge in [0.15, 0.2) is 10.8 Å². The third kappa shape index (κ3) is 3.07. The predicted octanol–water partition coefficient (Wildman–Crippen LogP) is 3.42. The molecule has 1 amide bonds. The molecular formula is C17H17N7OS3. The first-order valence-electron chi connectivity index (χ1n) is 8.99. The van der Waals surface area contributed by atoms with E-state index in [-0.39, 0.29) is 11.7 Å². The Hall–Kier alpha value is -2.11. The number of nitrogens with zero attached hydrogens (tertiary/aromatic N) is 6. The van der Waals surface area contributed by atoms with Crippen LogP contribution in [0.3, 0.4) is 0 Å². The summed E-state index contributed by atoms with van der Waals surface area (Å²) >= 11 is 4.49. The number of aryl methyl sites for hydroxylation is 4. The summed E-state index contributed by atoms with van der Waals surface area (Å²) in [7, 11) is 0. The van der Waals surface area contributed by atoms with Gasteiger partial charge in [-0.15, -0.1) is 31.7 Å². The summed E-state index contributed by atoms with van der Waals surface area (Å²) < 4.78 is 1.97. The average Bonchev–Trinajstić information content (AvgIpc) is 3.36. The van der Waals surface area contributed by atoms with Crippen LogP contribution in [-0.2, 0) is 17.6 Å². The van der Waals surface area contributed by atoms with E-state index in [1.807, 2.05) is 18.2 Å². The van der Waals surface area contributed by atoms with Crippen molar-refractivity contribution in [3.05, 3.63) is 21.3 Å². The van der Waals surface area contributed by atoms with Crippen LogP contribution in [0.1, 0.15) is 34.1 Å². The van der Waals surface area contributed by atoms with E-state index < -0.39 is 0 Å². The topological polar surface area (TPSA) is 98.0 Å². The van der Waals surface area contributed by atoms with E-state index in [2.05, 4.69) is 25.7 Å². The van der Waals surface area contributed by atoms with Crippen molar-refractivity contribution in [1.82, 2.24) is 29.8 Å². The van der Waals surface area contributed by atoms with E-state index in [1.165, 1.54) is 46.4 Å². The minimum absolute atomic E-state index is 0.141. The van der Waals surface area contributed by atoms with Gasteiger partial charge in [0.1, 0.15) is 15.7 Å². The highest BCUT2D eigenvalue weighted by Crippen LogP contribution is 2.38. The second-order valence-electron chi connectivity index (χ2n) is 6.65. The first-order chi connectivity index (χ1) is 13.6. The zero-order valence-corrected chi connectivity index (χ0v) is 17.8. The van der Waals surface area contributed by atoms with Crippen molar-refractivity contribution in [3.8, 4) is 0 Å². The Balaban J connectivity index is 1.44. The van der Waals surface area contributed by atoms with Crippen LogP contribution in [0.2, 0.25) is 0 Å². The predicted molar refractivity (Wildman–Crippen MR) is 112 cm³/mol. The molecule has 5 rings (SSSR count). The highest BCUT2D eigenvalue weighted by atomic mass is 32.2. The summed E-state index contributed by atoms with van der Waals surface area (Å²) in [4.78, 5) is 19.5. The standard InChI is InChI=1S/C17H17N7OS3/c1-8-18-15-13(10-5-3-4-6-11(10)28-15)14-21-23-17(24(8)14)26-7-12(25)19-16-22-20-9(2)27-16/h3-7H2,1-2H3,(H,19,22,25). The third-order valence-electron chi connectivity index (χ3n) is 4.70. The van der Waals surface area contributed by atoms with E-state index >= 15 is 0 Å². The number of thioether (sulfide) groups is 1. The summed E-state index contributed by atoms with van der Waals surface area (Å²) in [6.45, 7) is 3.81. The van der Waals surface area contributed by atoms with Crippen LogP contribution < -0.4 is 5.32 Å². The lowest BCUT2D eigenvalue weighted by Gasteiger charge is -2.10. The first-order valence-corrected chi connectivity index (χ1v) is 11.6. The van der Waals surface area contributed by atoms with Crippen molar-refractivity contribution < 1.29 is 4.79 Å². The van der Waals surface area contributed by atoms with E-state index in [0.29, 0.717) is 10.3 Å². The first kappa shape index (κ1) is 18.0. The number of rotatable bonds is 4. The highest BCUT2D eigenvalue weighted by molar-refractivity contribution is 7.99. The Labute approximate surface area is 172 Å². The molecule has 0 saturated heterocycles. The molecule has 28 heavy (non-hydrogen) atoms. The molecule has 11 heteroatoms. The summed E-state index contributed by atoms with van der Waals surface area (Å²) in [5, 5.41) is 22.6. The van der Waals surface area contributed by atoms with E-state index in [9.17, 15) is 4.79 Å². The lowest BCUT2D eigenvalue weighted by Crippen LogP contribution is -2.14. The summed E-state index contributed by atoms with van der Waals surface area (Å²) in [6, 6.07) is 0. The molecule has 8 nitrogen and oxygen atoms in total. The molecule has 4 heterocycles. The molecule has 0 radical (unpaired) electrons. The van der Waals surface area contributed by atoms with Gasteiger partial charge in [-0.3, -0.25) is 14.5 Å². The SMILES string of the molecule is Cc1nnc(NC(=O)CSc2nnc3c4c5c(sc4nc(C)n23)CCCC5)s1. The molecule has 0 saturated carbocycles. The van der Waals surface area contributed by atoms with Gasteiger partial charge in [0, 0.05) is 4.88 Å². The van der Waals surface area contributed by atoms with E-state index in [4.69, 9.17) is 4.98 Å². The molecule has 1 aliphatic carbocycles. The van der Waals surface area contributed by atoms with Gasteiger partial charge >= 0.3 is 0 Å². The number of hydrogen-bond acceptors (Lipinski definition) is 9. The smallest absolute Gasteiger partial charge is 0.236 e. The lowest BCUT2D eigenvalue weighted by atomic mass is 9.97. The molecule has 0 fully saturated rings. The normalized spacial score (nSPS) is 13.9. The van der Waals surface area contributed by atoms with Crippen molar-refractivity contribution in [2.45, 2.75) is 44.7 Å². The fourth-order valence-corrected chi connectivity index (χ4v) is 6.20. The molecule has 4 aromatic rings. The van der Waals surface area contributed by atoms with E-state index in [1.54, 1.807) is 11.3 Å². The van der Waals surface area contributed by atoms with Gasteiger partial charge in [0.2, 0.25) is 11.0 Å². The van der Waals surface area contributed by atoms with Gasteiger partial charge in [-0.05, 0) is 45.1 Å². The molecule has 0 unspecified atom stereocenters. The summed E-state index contributed by atoms with van der Waals surface area (Å²) in [6.07, 6.45) is 4.66. The lowest BCUT2D eigenvalue weighted by molar-refractivity contribution is -0.113. The molecule has 0 atom stereocenters. The number of thiophene rings is 1. The Bertz CT molecular complexity index is 1210. The maximum Gasteiger partial charge on any atom is 0.236 e. The molecule has 0 aliphatic heterocycles. The van der Waals surface area contributed by atoms with Crippen LogP contribution in [-0.4, -0.2) is 41.4 Å². The zero-order valence-electron chi connectivity index (χ0n) is 15.4. The maximum absolute atomic E-state index is 12.2. The highest BCUT2D eigenvalue weighted by Gasteiger charge is 2.22. The zero-order chi connectivity index (χ0) is 19.3.